The maximum absolute atomic E-state index is 6.24. The van der Waals surface area contributed by atoms with Crippen molar-refractivity contribution in [1.29, 1.82) is 0 Å². The summed E-state index contributed by atoms with van der Waals surface area (Å²) in [5.74, 6) is 2.03. The Morgan fingerprint density at radius 2 is 1.50 bits per heavy atom. The minimum Gasteiger partial charge on any atom is -0.457 e. The Morgan fingerprint density at radius 3 is 2.23 bits per heavy atom. The van der Waals surface area contributed by atoms with E-state index >= 15 is 0 Å². The molecular weight excluding hydrogens is 591 g/mol. The highest BCUT2D eigenvalue weighted by Crippen LogP contribution is 2.34. The molecule has 0 bridgehead atoms. The van der Waals surface area contributed by atoms with E-state index in [1.807, 2.05) is 22.9 Å². The Bertz CT molecular complexity index is 1710. The van der Waals surface area contributed by atoms with E-state index in [1.54, 1.807) is 18.2 Å². The van der Waals surface area contributed by atoms with Gasteiger partial charge in [-0.05, 0) is 76.9 Å². The first-order valence-corrected chi connectivity index (χ1v) is 15.5. The van der Waals surface area contributed by atoms with E-state index in [4.69, 9.17) is 27.9 Å². The molecule has 0 N–H and O–H groups in total. The topological polar surface area (TPSA) is 59.3 Å². The summed E-state index contributed by atoms with van der Waals surface area (Å²) < 4.78 is 8.12. The minimum absolute atomic E-state index is 0.197. The van der Waals surface area contributed by atoms with E-state index in [9.17, 15) is 0 Å². The molecular formula is C35H34Cl2N6O. The zero-order valence-corrected chi connectivity index (χ0v) is 26.3. The molecule has 224 valence electrons. The van der Waals surface area contributed by atoms with Gasteiger partial charge in [-0.2, -0.15) is 4.68 Å². The molecule has 0 saturated carbocycles. The molecule has 7 nitrogen and oxygen atoms in total. The maximum Gasteiger partial charge on any atom is 0.178 e. The molecule has 1 aromatic heterocycles. The van der Waals surface area contributed by atoms with Crippen LogP contribution in [-0.4, -0.2) is 62.7 Å². The van der Waals surface area contributed by atoms with Gasteiger partial charge < -0.3 is 4.74 Å². The zero-order valence-electron chi connectivity index (χ0n) is 24.8. The molecule has 6 rings (SSSR count). The summed E-state index contributed by atoms with van der Waals surface area (Å²) in [6, 6.07) is 29.8. The number of ether oxygens (including phenoxy) is 1. The fourth-order valence-electron chi connectivity index (χ4n) is 5.76. The van der Waals surface area contributed by atoms with Crippen LogP contribution in [0.3, 0.4) is 0 Å². The molecule has 2 heterocycles. The molecule has 5 aromatic rings. The second-order valence-electron chi connectivity index (χ2n) is 11.0. The SMILES string of the molecule is Cc1cccc(C)c1-n1nnnc1C(c1cccc(Oc2cc(Cl)cc(Cl)c2)c1)N1CCN(C/C=C/c2ccccc2)CC1. The van der Waals surface area contributed by atoms with Crippen molar-refractivity contribution in [3.8, 4) is 17.2 Å². The largest absolute Gasteiger partial charge is 0.457 e. The zero-order chi connectivity index (χ0) is 30.5. The van der Waals surface area contributed by atoms with Gasteiger partial charge in [0.2, 0.25) is 0 Å². The molecule has 44 heavy (non-hydrogen) atoms. The van der Waals surface area contributed by atoms with Gasteiger partial charge in [-0.3, -0.25) is 9.80 Å². The summed E-state index contributed by atoms with van der Waals surface area (Å²) in [5, 5.41) is 14.3. The average molecular weight is 626 g/mol. The third-order valence-corrected chi connectivity index (χ3v) is 8.32. The van der Waals surface area contributed by atoms with E-state index < -0.39 is 0 Å². The van der Waals surface area contributed by atoms with E-state index in [-0.39, 0.29) is 6.04 Å². The lowest BCUT2D eigenvalue weighted by molar-refractivity contribution is 0.113. The number of nitrogens with zero attached hydrogens (tertiary/aromatic N) is 6. The van der Waals surface area contributed by atoms with Crippen LogP contribution in [0.25, 0.3) is 11.8 Å². The first-order chi connectivity index (χ1) is 21.4. The van der Waals surface area contributed by atoms with Crippen molar-refractivity contribution in [1.82, 2.24) is 30.0 Å². The van der Waals surface area contributed by atoms with Crippen LogP contribution in [0.15, 0.2) is 97.1 Å². The van der Waals surface area contributed by atoms with E-state index in [0.717, 1.165) is 60.9 Å². The number of halogens is 2. The Labute approximate surface area is 268 Å². The number of piperazine rings is 1. The number of hydrogen-bond acceptors (Lipinski definition) is 6. The smallest absolute Gasteiger partial charge is 0.178 e. The highest BCUT2D eigenvalue weighted by Gasteiger charge is 2.31. The van der Waals surface area contributed by atoms with Crippen LogP contribution < -0.4 is 4.74 Å². The first-order valence-electron chi connectivity index (χ1n) is 14.7. The fraction of sp³-hybridized carbons (Fsp3) is 0.229. The number of aryl methyl sites for hydroxylation is 2. The minimum atomic E-state index is -0.197. The summed E-state index contributed by atoms with van der Waals surface area (Å²) in [6.45, 7) is 8.66. The van der Waals surface area contributed by atoms with Gasteiger partial charge >= 0.3 is 0 Å². The lowest BCUT2D eigenvalue weighted by Gasteiger charge is -2.38. The van der Waals surface area contributed by atoms with Gasteiger partial charge in [0.15, 0.2) is 5.82 Å². The van der Waals surface area contributed by atoms with Crippen LogP contribution in [0.4, 0.5) is 0 Å². The first kappa shape index (κ1) is 30.0. The van der Waals surface area contributed by atoms with Crippen molar-refractivity contribution in [2.24, 2.45) is 0 Å². The summed E-state index contributed by atoms with van der Waals surface area (Å²) >= 11 is 12.5. The summed E-state index contributed by atoms with van der Waals surface area (Å²) in [7, 11) is 0. The fourth-order valence-corrected chi connectivity index (χ4v) is 6.27. The lowest BCUT2D eigenvalue weighted by Crippen LogP contribution is -2.48. The molecule has 0 aliphatic carbocycles. The van der Waals surface area contributed by atoms with Crippen molar-refractivity contribution < 1.29 is 4.74 Å². The molecule has 1 aliphatic rings. The molecule has 1 unspecified atom stereocenters. The molecule has 1 saturated heterocycles. The van der Waals surface area contributed by atoms with Crippen LogP contribution >= 0.6 is 23.2 Å². The second kappa shape index (κ2) is 13.7. The highest BCUT2D eigenvalue weighted by atomic mass is 35.5. The van der Waals surface area contributed by atoms with Crippen molar-refractivity contribution in [3.63, 3.8) is 0 Å². The van der Waals surface area contributed by atoms with Crippen LogP contribution in [0.1, 0.15) is 34.1 Å². The molecule has 0 amide bonds. The van der Waals surface area contributed by atoms with Gasteiger partial charge in [0.05, 0.1) is 11.7 Å². The molecule has 4 aromatic carbocycles. The lowest BCUT2D eigenvalue weighted by atomic mass is 10.0. The number of hydrogen-bond donors (Lipinski definition) is 0. The van der Waals surface area contributed by atoms with Gasteiger partial charge in [0.1, 0.15) is 11.5 Å². The summed E-state index contributed by atoms with van der Waals surface area (Å²) in [5.41, 5.74) is 5.48. The van der Waals surface area contributed by atoms with Gasteiger partial charge in [-0.25, -0.2) is 0 Å². The Balaban J connectivity index is 1.30. The normalized spacial score (nSPS) is 15.1. The third kappa shape index (κ3) is 7.03. The quantitative estimate of drug-likeness (QED) is 0.167. The Morgan fingerprint density at radius 1 is 0.795 bits per heavy atom. The van der Waals surface area contributed by atoms with Crippen molar-refractivity contribution in [2.45, 2.75) is 19.9 Å². The van der Waals surface area contributed by atoms with Crippen LogP contribution in [0.5, 0.6) is 11.5 Å². The Hall–Kier alpha value is -4.01. The van der Waals surface area contributed by atoms with Gasteiger partial charge in [-0.15, -0.1) is 5.10 Å². The van der Waals surface area contributed by atoms with Crippen LogP contribution in [0.2, 0.25) is 10.0 Å². The van der Waals surface area contributed by atoms with Gasteiger partial charge in [0.25, 0.3) is 0 Å². The number of rotatable bonds is 9. The van der Waals surface area contributed by atoms with Crippen LogP contribution in [0, 0.1) is 13.8 Å². The average Bonchev–Trinajstić information content (AvgIpc) is 3.47. The second-order valence-corrected chi connectivity index (χ2v) is 11.9. The predicted octanol–water partition coefficient (Wildman–Crippen LogP) is 7.80. The number of benzene rings is 4. The van der Waals surface area contributed by atoms with Crippen LogP contribution in [-0.2, 0) is 0 Å². The van der Waals surface area contributed by atoms with E-state index in [0.29, 0.717) is 21.5 Å². The molecule has 0 radical (unpaired) electrons. The van der Waals surface area contributed by atoms with Gasteiger partial charge in [0, 0.05) is 42.8 Å². The van der Waals surface area contributed by atoms with Crippen molar-refractivity contribution >= 4 is 29.3 Å². The molecule has 1 fully saturated rings. The molecule has 0 spiro atoms. The van der Waals surface area contributed by atoms with Crippen molar-refractivity contribution in [3.05, 3.63) is 135 Å². The molecule has 1 aliphatic heterocycles. The monoisotopic (exact) mass is 624 g/mol. The molecule has 1 atom stereocenters. The highest BCUT2D eigenvalue weighted by molar-refractivity contribution is 6.34. The third-order valence-electron chi connectivity index (χ3n) is 7.88. The van der Waals surface area contributed by atoms with E-state index in [2.05, 4.69) is 106 Å². The van der Waals surface area contributed by atoms with Crippen molar-refractivity contribution in [2.75, 3.05) is 32.7 Å². The maximum atomic E-state index is 6.24. The summed E-state index contributed by atoms with van der Waals surface area (Å²) in [4.78, 5) is 4.94. The number of para-hydroxylation sites is 1. The predicted molar refractivity (Wildman–Crippen MR) is 177 cm³/mol. The standard InChI is InChI=1S/C35H34Cl2N6O/c1-25-9-6-10-26(2)33(25)43-35(38-39-40-43)34(28-14-7-15-31(21-28)44-32-23-29(36)22-30(37)24-32)42-19-17-41(18-20-42)16-8-13-27-11-4-3-5-12-27/h3-15,21-24,34H,16-20H2,1-2H3/b13-8+. The Kier molecular flexibility index (Phi) is 9.38. The van der Waals surface area contributed by atoms with Gasteiger partial charge in [-0.1, -0.05) is 96.0 Å². The number of aromatic nitrogens is 4. The van der Waals surface area contributed by atoms with E-state index in [1.165, 1.54) is 5.56 Å². The summed E-state index contributed by atoms with van der Waals surface area (Å²) in [6.07, 6.45) is 4.43. The number of tetrazole rings is 1. The molecule has 9 heteroatoms.